The molecule has 2 N–H and O–H groups in total. The quantitative estimate of drug-likeness (QED) is 0.611. The second kappa shape index (κ2) is 3.52. The third kappa shape index (κ3) is 1.67. The Morgan fingerprint density at radius 1 is 1.53 bits per heavy atom. The van der Waals surface area contributed by atoms with Gasteiger partial charge in [0.05, 0.1) is 6.42 Å². The van der Waals surface area contributed by atoms with Crippen LogP contribution in [-0.2, 0) is 14.4 Å². The minimum Gasteiger partial charge on any atom is -0.481 e. The van der Waals surface area contributed by atoms with Gasteiger partial charge in [0.15, 0.2) is 0 Å². The van der Waals surface area contributed by atoms with E-state index in [9.17, 15) is 14.4 Å². The Morgan fingerprint density at radius 2 is 2.27 bits per heavy atom. The number of amides is 2. The molecule has 2 heterocycles. The number of carbonyl (C=O) groups is 3. The van der Waals surface area contributed by atoms with E-state index in [1.165, 1.54) is 4.90 Å². The zero-order valence-corrected chi connectivity index (χ0v) is 8.10. The number of aliphatic carboxylic acids is 1. The van der Waals surface area contributed by atoms with E-state index in [2.05, 4.69) is 5.32 Å². The van der Waals surface area contributed by atoms with Gasteiger partial charge in [-0.1, -0.05) is 0 Å². The standard InChI is InChI=1S/C9H12N2O4/c12-7(13)4-5-9(15)11-3-1-2-6(11)8(14)10-5/h5-6H,1-4H2,(H,10,14)(H,12,13)/t5-,6+/m0/s1. The summed E-state index contributed by atoms with van der Waals surface area (Å²) in [6.45, 7) is 0.563. The highest BCUT2D eigenvalue weighted by Gasteiger charge is 2.43. The minimum atomic E-state index is -1.08. The van der Waals surface area contributed by atoms with Crippen molar-refractivity contribution in [1.29, 1.82) is 0 Å². The summed E-state index contributed by atoms with van der Waals surface area (Å²) in [5.41, 5.74) is 0. The highest BCUT2D eigenvalue weighted by atomic mass is 16.4. The highest BCUT2D eigenvalue weighted by Crippen LogP contribution is 2.22. The molecule has 0 aromatic heterocycles. The van der Waals surface area contributed by atoms with Crippen LogP contribution in [0.5, 0.6) is 0 Å². The van der Waals surface area contributed by atoms with Gasteiger partial charge in [-0.05, 0) is 12.8 Å². The van der Waals surface area contributed by atoms with Crippen molar-refractivity contribution < 1.29 is 19.5 Å². The molecule has 82 valence electrons. The molecule has 0 radical (unpaired) electrons. The summed E-state index contributed by atoms with van der Waals surface area (Å²) in [6, 6.07) is -1.26. The Hall–Kier alpha value is -1.59. The molecule has 2 atom stereocenters. The molecule has 0 aromatic carbocycles. The SMILES string of the molecule is O=C(O)C[C@@H]1NC(=O)[C@H]2CCCN2C1=O. The molecule has 0 aliphatic carbocycles. The number of fused-ring (bicyclic) bond motifs is 1. The molecule has 0 saturated carbocycles. The van der Waals surface area contributed by atoms with Crippen molar-refractivity contribution >= 4 is 17.8 Å². The Labute approximate surface area is 86.2 Å². The lowest BCUT2D eigenvalue weighted by Crippen LogP contribution is -2.61. The van der Waals surface area contributed by atoms with Crippen molar-refractivity contribution in [2.75, 3.05) is 6.54 Å². The monoisotopic (exact) mass is 212 g/mol. The second-order valence-corrected chi connectivity index (χ2v) is 3.85. The van der Waals surface area contributed by atoms with Gasteiger partial charge in [0.25, 0.3) is 0 Å². The van der Waals surface area contributed by atoms with Crippen LogP contribution in [0.2, 0.25) is 0 Å². The third-order valence-electron chi connectivity index (χ3n) is 2.83. The molecule has 2 amide bonds. The first-order chi connectivity index (χ1) is 7.09. The summed E-state index contributed by atoms with van der Waals surface area (Å²) in [6.07, 6.45) is 1.15. The van der Waals surface area contributed by atoms with Gasteiger partial charge in [-0.15, -0.1) is 0 Å². The summed E-state index contributed by atoms with van der Waals surface area (Å²) in [7, 11) is 0. The van der Waals surface area contributed by atoms with Crippen molar-refractivity contribution in [3.05, 3.63) is 0 Å². The van der Waals surface area contributed by atoms with Crippen molar-refractivity contribution in [3.8, 4) is 0 Å². The Balaban J connectivity index is 2.13. The molecule has 2 aliphatic rings. The van der Waals surface area contributed by atoms with Gasteiger partial charge in [-0.2, -0.15) is 0 Å². The first-order valence-electron chi connectivity index (χ1n) is 4.92. The number of hydrogen-bond donors (Lipinski definition) is 2. The first kappa shape index (κ1) is 9.95. The number of carboxylic acids is 1. The van der Waals surface area contributed by atoms with Crippen LogP contribution in [-0.4, -0.2) is 46.4 Å². The van der Waals surface area contributed by atoms with E-state index in [4.69, 9.17) is 5.11 Å². The summed E-state index contributed by atoms with van der Waals surface area (Å²) in [5.74, 6) is -1.57. The van der Waals surface area contributed by atoms with E-state index in [1.54, 1.807) is 0 Å². The van der Waals surface area contributed by atoms with E-state index in [-0.39, 0.29) is 24.3 Å². The lowest BCUT2D eigenvalue weighted by molar-refractivity contribution is -0.150. The maximum Gasteiger partial charge on any atom is 0.305 e. The molecular formula is C9H12N2O4. The van der Waals surface area contributed by atoms with E-state index < -0.39 is 12.0 Å². The summed E-state index contributed by atoms with van der Waals surface area (Å²) >= 11 is 0. The summed E-state index contributed by atoms with van der Waals surface area (Å²) in [5, 5.41) is 11.0. The van der Waals surface area contributed by atoms with E-state index >= 15 is 0 Å². The molecule has 0 unspecified atom stereocenters. The molecular weight excluding hydrogens is 200 g/mol. The average molecular weight is 212 g/mol. The molecule has 6 nitrogen and oxygen atoms in total. The average Bonchev–Trinajstić information content (AvgIpc) is 2.61. The number of nitrogens with zero attached hydrogens (tertiary/aromatic N) is 1. The highest BCUT2D eigenvalue weighted by molar-refractivity contribution is 5.98. The van der Waals surface area contributed by atoms with Crippen LogP contribution in [0.25, 0.3) is 0 Å². The molecule has 0 bridgehead atoms. The smallest absolute Gasteiger partial charge is 0.305 e. The maximum absolute atomic E-state index is 11.7. The summed E-state index contributed by atoms with van der Waals surface area (Å²) < 4.78 is 0. The van der Waals surface area contributed by atoms with Gasteiger partial charge in [0.2, 0.25) is 11.8 Å². The van der Waals surface area contributed by atoms with Gasteiger partial charge >= 0.3 is 5.97 Å². The number of carboxylic acid groups (broad SMARTS) is 1. The topological polar surface area (TPSA) is 86.7 Å². The molecule has 0 aromatic rings. The number of carbonyl (C=O) groups excluding carboxylic acids is 2. The van der Waals surface area contributed by atoms with Crippen LogP contribution < -0.4 is 5.32 Å². The number of nitrogens with one attached hydrogen (secondary N) is 1. The zero-order valence-electron chi connectivity index (χ0n) is 8.10. The largest absolute Gasteiger partial charge is 0.481 e. The van der Waals surface area contributed by atoms with E-state index in [1.807, 2.05) is 0 Å². The fraction of sp³-hybridized carbons (Fsp3) is 0.667. The molecule has 2 fully saturated rings. The molecule has 2 saturated heterocycles. The first-order valence-corrected chi connectivity index (χ1v) is 4.92. The number of hydrogen-bond acceptors (Lipinski definition) is 3. The molecule has 2 rings (SSSR count). The van der Waals surface area contributed by atoms with Crippen LogP contribution in [0.4, 0.5) is 0 Å². The second-order valence-electron chi connectivity index (χ2n) is 3.85. The number of piperazine rings is 1. The Kier molecular flexibility index (Phi) is 2.34. The fourth-order valence-electron chi connectivity index (χ4n) is 2.15. The van der Waals surface area contributed by atoms with E-state index in [0.29, 0.717) is 13.0 Å². The Morgan fingerprint density at radius 3 is 2.93 bits per heavy atom. The van der Waals surface area contributed by atoms with Crippen molar-refractivity contribution in [3.63, 3.8) is 0 Å². The zero-order chi connectivity index (χ0) is 11.0. The predicted octanol–water partition coefficient (Wildman–Crippen LogP) is -1.05. The number of rotatable bonds is 2. The van der Waals surface area contributed by atoms with Crippen molar-refractivity contribution in [2.24, 2.45) is 0 Å². The molecule has 15 heavy (non-hydrogen) atoms. The third-order valence-corrected chi connectivity index (χ3v) is 2.83. The van der Waals surface area contributed by atoms with Crippen LogP contribution in [0.15, 0.2) is 0 Å². The summed E-state index contributed by atoms with van der Waals surface area (Å²) in [4.78, 5) is 35.2. The van der Waals surface area contributed by atoms with Gasteiger partial charge in [-0.25, -0.2) is 0 Å². The van der Waals surface area contributed by atoms with Gasteiger partial charge in [-0.3, -0.25) is 14.4 Å². The minimum absolute atomic E-state index is 0.224. The maximum atomic E-state index is 11.7. The van der Waals surface area contributed by atoms with Gasteiger partial charge in [0.1, 0.15) is 12.1 Å². The fourth-order valence-corrected chi connectivity index (χ4v) is 2.15. The lowest BCUT2D eigenvalue weighted by atomic mass is 10.1. The van der Waals surface area contributed by atoms with Gasteiger partial charge < -0.3 is 15.3 Å². The van der Waals surface area contributed by atoms with Crippen molar-refractivity contribution in [2.45, 2.75) is 31.3 Å². The Bertz CT molecular complexity index is 328. The molecule has 6 heteroatoms. The normalized spacial score (nSPS) is 30.0. The lowest BCUT2D eigenvalue weighted by Gasteiger charge is -2.33. The molecule has 2 aliphatic heterocycles. The predicted molar refractivity (Wildman–Crippen MR) is 48.9 cm³/mol. The van der Waals surface area contributed by atoms with E-state index in [0.717, 1.165) is 6.42 Å². The van der Waals surface area contributed by atoms with Crippen molar-refractivity contribution in [1.82, 2.24) is 10.2 Å². The van der Waals surface area contributed by atoms with Crippen LogP contribution in [0.1, 0.15) is 19.3 Å². The van der Waals surface area contributed by atoms with Crippen LogP contribution in [0, 0.1) is 0 Å². The van der Waals surface area contributed by atoms with Crippen LogP contribution >= 0.6 is 0 Å². The van der Waals surface area contributed by atoms with Crippen LogP contribution in [0.3, 0.4) is 0 Å². The molecule has 0 spiro atoms. The van der Waals surface area contributed by atoms with Gasteiger partial charge in [0, 0.05) is 6.54 Å².